The lowest BCUT2D eigenvalue weighted by Gasteiger charge is -1.95. The maximum absolute atomic E-state index is 12.1. The Morgan fingerprint density at radius 3 is 2.72 bits per heavy atom. The summed E-state index contributed by atoms with van der Waals surface area (Å²) < 4.78 is 11.1. The Balaban J connectivity index is 1.60. The maximum atomic E-state index is 12.1. The van der Waals surface area contributed by atoms with Crippen molar-refractivity contribution in [2.24, 2.45) is 4.99 Å². The minimum absolute atomic E-state index is 0.301. The molecular formula is C20H11NO3S. The van der Waals surface area contributed by atoms with E-state index in [1.54, 1.807) is 6.08 Å². The number of para-hydroxylation sites is 1. The number of hydrogen-bond acceptors (Lipinski definition) is 5. The Bertz CT molecular complexity index is 1180. The van der Waals surface area contributed by atoms with Crippen molar-refractivity contribution in [3.05, 3.63) is 76.1 Å². The summed E-state index contributed by atoms with van der Waals surface area (Å²) in [6, 6.07) is 17.5. The molecule has 1 aliphatic heterocycles. The molecule has 120 valence electrons. The van der Waals surface area contributed by atoms with E-state index in [1.807, 2.05) is 60.0 Å². The minimum atomic E-state index is -0.430. The van der Waals surface area contributed by atoms with Crippen LogP contribution in [0.2, 0.25) is 0 Å². The van der Waals surface area contributed by atoms with Crippen LogP contribution in [0.3, 0.4) is 0 Å². The van der Waals surface area contributed by atoms with E-state index in [2.05, 4.69) is 4.99 Å². The van der Waals surface area contributed by atoms with Gasteiger partial charge in [0.05, 0.1) is 4.88 Å². The van der Waals surface area contributed by atoms with E-state index in [-0.39, 0.29) is 0 Å². The second-order valence-corrected chi connectivity index (χ2v) is 6.61. The fourth-order valence-electron chi connectivity index (χ4n) is 2.91. The fraction of sp³-hybridized carbons (Fsp3) is 0. The lowest BCUT2D eigenvalue weighted by molar-refractivity contribution is -0.129. The summed E-state index contributed by atoms with van der Waals surface area (Å²) in [6.45, 7) is 0. The zero-order valence-electron chi connectivity index (χ0n) is 12.9. The number of hydrogen-bond donors (Lipinski definition) is 0. The molecule has 2 aromatic heterocycles. The van der Waals surface area contributed by atoms with Gasteiger partial charge in [0.25, 0.3) is 0 Å². The number of esters is 1. The monoisotopic (exact) mass is 345 g/mol. The van der Waals surface area contributed by atoms with Crippen LogP contribution in [-0.2, 0) is 9.53 Å². The van der Waals surface area contributed by atoms with Crippen molar-refractivity contribution in [3.8, 4) is 0 Å². The Labute approximate surface area is 146 Å². The van der Waals surface area contributed by atoms with Crippen LogP contribution in [0.25, 0.3) is 28.0 Å². The number of furan rings is 1. The first-order valence-corrected chi connectivity index (χ1v) is 8.64. The number of carbonyl (C=O) groups excluding carboxylic acids is 1. The normalized spacial score (nSPS) is 15.9. The van der Waals surface area contributed by atoms with Crippen molar-refractivity contribution >= 4 is 51.2 Å². The average molecular weight is 345 g/mol. The molecule has 0 unspecified atom stereocenters. The van der Waals surface area contributed by atoms with Crippen LogP contribution in [0.1, 0.15) is 10.4 Å². The van der Waals surface area contributed by atoms with Crippen molar-refractivity contribution in [1.82, 2.24) is 0 Å². The summed E-state index contributed by atoms with van der Waals surface area (Å²) in [5.41, 5.74) is 2.85. The highest BCUT2D eigenvalue weighted by Gasteiger charge is 2.24. The van der Waals surface area contributed by atoms with E-state index in [4.69, 9.17) is 9.15 Å². The number of benzene rings is 2. The van der Waals surface area contributed by atoms with E-state index < -0.39 is 5.97 Å². The zero-order valence-corrected chi connectivity index (χ0v) is 13.7. The van der Waals surface area contributed by atoms with E-state index in [1.165, 1.54) is 11.3 Å². The van der Waals surface area contributed by atoms with Crippen molar-refractivity contribution in [2.45, 2.75) is 0 Å². The van der Waals surface area contributed by atoms with Gasteiger partial charge in [-0.3, -0.25) is 0 Å². The predicted octanol–water partition coefficient (Wildman–Crippen LogP) is 4.99. The van der Waals surface area contributed by atoms with Crippen LogP contribution < -0.4 is 0 Å². The molecule has 4 nitrogen and oxygen atoms in total. The van der Waals surface area contributed by atoms with Crippen molar-refractivity contribution < 1.29 is 13.9 Å². The molecule has 5 heteroatoms. The van der Waals surface area contributed by atoms with Crippen molar-refractivity contribution in [2.75, 3.05) is 0 Å². The SMILES string of the molecule is O=C1OC(c2cccs2)=N/C1=C\c1ccc2oc3ccccc3c2c1. The lowest BCUT2D eigenvalue weighted by Crippen LogP contribution is -2.03. The fourth-order valence-corrected chi connectivity index (χ4v) is 3.56. The van der Waals surface area contributed by atoms with Crippen molar-refractivity contribution in [3.63, 3.8) is 0 Å². The first-order valence-electron chi connectivity index (χ1n) is 7.76. The van der Waals surface area contributed by atoms with Gasteiger partial charge >= 0.3 is 5.97 Å². The summed E-state index contributed by atoms with van der Waals surface area (Å²) in [6.07, 6.45) is 1.74. The van der Waals surface area contributed by atoms with Gasteiger partial charge in [-0.15, -0.1) is 11.3 Å². The molecule has 5 rings (SSSR count). The Morgan fingerprint density at radius 1 is 0.960 bits per heavy atom. The number of cyclic esters (lactones) is 1. The van der Waals surface area contributed by atoms with E-state index >= 15 is 0 Å². The van der Waals surface area contributed by atoms with E-state index in [0.717, 1.165) is 32.4 Å². The molecule has 2 aromatic carbocycles. The van der Waals surface area contributed by atoms with E-state index in [0.29, 0.717) is 11.6 Å². The highest BCUT2D eigenvalue weighted by Crippen LogP contribution is 2.30. The van der Waals surface area contributed by atoms with Crippen LogP contribution in [-0.4, -0.2) is 11.9 Å². The van der Waals surface area contributed by atoms with Gasteiger partial charge in [-0.05, 0) is 41.3 Å². The number of rotatable bonds is 2. The Morgan fingerprint density at radius 2 is 1.84 bits per heavy atom. The second-order valence-electron chi connectivity index (χ2n) is 5.67. The molecule has 0 N–H and O–H groups in total. The number of fused-ring (bicyclic) bond motifs is 3. The predicted molar refractivity (Wildman–Crippen MR) is 98.6 cm³/mol. The topological polar surface area (TPSA) is 51.8 Å². The number of ether oxygens (including phenoxy) is 1. The lowest BCUT2D eigenvalue weighted by atomic mass is 10.1. The molecule has 0 atom stereocenters. The second kappa shape index (κ2) is 5.43. The molecule has 0 fully saturated rings. The molecular weight excluding hydrogens is 334 g/mol. The van der Waals surface area contributed by atoms with Crippen LogP contribution in [0.15, 0.2) is 75.1 Å². The zero-order chi connectivity index (χ0) is 16.8. The molecule has 0 spiro atoms. The number of aliphatic imine (C=N–C) groups is 1. The standard InChI is InChI=1S/C20H11NO3S/c22-20-15(21-19(24-20)18-6-3-9-25-18)11-12-7-8-17-14(10-12)13-4-1-2-5-16(13)23-17/h1-11H/b15-11-. The largest absolute Gasteiger partial charge is 0.456 e. The Hall–Kier alpha value is -3.18. The summed E-state index contributed by atoms with van der Waals surface area (Å²) in [5, 5.41) is 3.99. The number of nitrogens with zero attached hydrogens (tertiary/aromatic N) is 1. The van der Waals surface area contributed by atoms with Gasteiger partial charge < -0.3 is 9.15 Å². The van der Waals surface area contributed by atoms with Crippen LogP contribution in [0.5, 0.6) is 0 Å². The highest BCUT2D eigenvalue weighted by atomic mass is 32.1. The van der Waals surface area contributed by atoms with Crippen LogP contribution in [0.4, 0.5) is 0 Å². The Kier molecular flexibility index (Phi) is 3.08. The highest BCUT2D eigenvalue weighted by molar-refractivity contribution is 7.12. The summed E-state index contributed by atoms with van der Waals surface area (Å²) >= 11 is 1.49. The van der Waals surface area contributed by atoms with E-state index in [9.17, 15) is 4.79 Å². The third kappa shape index (κ3) is 2.37. The molecule has 4 aromatic rings. The third-order valence-corrected chi connectivity index (χ3v) is 4.91. The molecule has 3 heterocycles. The third-order valence-electron chi connectivity index (χ3n) is 4.06. The molecule has 0 saturated carbocycles. The molecule has 0 amide bonds. The van der Waals surface area contributed by atoms with Crippen molar-refractivity contribution in [1.29, 1.82) is 0 Å². The first kappa shape index (κ1) is 14.2. The van der Waals surface area contributed by atoms with Gasteiger partial charge in [0.2, 0.25) is 5.90 Å². The van der Waals surface area contributed by atoms with Crippen LogP contribution in [0, 0.1) is 0 Å². The first-order chi connectivity index (χ1) is 12.3. The molecule has 0 aliphatic carbocycles. The number of thiophene rings is 1. The minimum Gasteiger partial charge on any atom is -0.456 e. The quantitative estimate of drug-likeness (QED) is 0.380. The molecule has 0 bridgehead atoms. The summed E-state index contributed by atoms with van der Waals surface area (Å²) in [7, 11) is 0. The van der Waals surface area contributed by atoms with Gasteiger partial charge in [0.15, 0.2) is 5.70 Å². The van der Waals surface area contributed by atoms with Gasteiger partial charge in [-0.2, -0.15) is 0 Å². The van der Waals surface area contributed by atoms with Gasteiger partial charge in [-0.1, -0.05) is 30.3 Å². The molecule has 0 radical (unpaired) electrons. The van der Waals surface area contributed by atoms with Gasteiger partial charge in [0, 0.05) is 10.8 Å². The van der Waals surface area contributed by atoms with Crippen LogP contribution >= 0.6 is 11.3 Å². The number of carbonyl (C=O) groups is 1. The maximum Gasteiger partial charge on any atom is 0.363 e. The molecule has 1 aliphatic rings. The summed E-state index contributed by atoms with van der Waals surface area (Å²) in [4.78, 5) is 17.3. The van der Waals surface area contributed by atoms with Gasteiger partial charge in [-0.25, -0.2) is 9.79 Å². The van der Waals surface area contributed by atoms with Gasteiger partial charge in [0.1, 0.15) is 11.2 Å². The smallest absolute Gasteiger partial charge is 0.363 e. The summed E-state index contributed by atoms with van der Waals surface area (Å²) in [5.74, 6) is -0.0679. The molecule has 0 saturated heterocycles. The molecule has 25 heavy (non-hydrogen) atoms. The average Bonchev–Trinajstić information content (AvgIpc) is 3.34.